The zero-order valence-electron chi connectivity index (χ0n) is 13.4. The number of benzene rings is 1. The Hall–Kier alpha value is -1.61. The van der Waals surface area contributed by atoms with Crippen LogP contribution in [0.2, 0.25) is 0 Å². The van der Waals surface area contributed by atoms with E-state index in [2.05, 4.69) is 63.3 Å². The maximum Gasteiger partial charge on any atom is 0.0760 e. The Balaban J connectivity index is 2.85. The van der Waals surface area contributed by atoms with Gasteiger partial charge in [0.2, 0.25) is 0 Å². The van der Waals surface area contributed by atoms with Crippen molar-refractivity contribution in [2.45, 2.75) is 33.2 Å². The zero-order chi connectivity index (χ0) is 14.9. The third kappa shape index (κ3) is 2.50. The standard InChI is InChI=1S/C17H25N3/c1-11(2)13-8-7-9-14-16(13)19-12(3)15(10-18-4)17(14)20(5)6/h7-9,11,18H,10H2,1-6H3. The first kappa shape index (κ1) is 14.8. The maximum absolute atomic E-state index is 4.89. The van der Waals surface area contributed by atoms with Crippen LogP contribution in [0.15, 0.2) is 18.2 Å². The summed E-state index contributed by atoms with van der Waals surface area (Å²) in [6.45, 7) is 7.40. The van der Waals surface area contributed by atoms with E-state index in [1.54, 1.807) is 0 Å². The van der Waals surface area contributed by atoms with Crippen molar-refractivity contribution < 1.29 is 0 Å². The van der Waals surface area contributed by atoms with Crippen LogP contribution in [-0.2, 0) is 6.54 Å². The van der Waals surface area contributed by atoms with Crippen molar-refractivity contribution in [3.63, 3.8) is 0 Å². The fraction of sp³-hybridized carbons (Fsp3) is 0.471. The molecule has 0 spiro atoms. The van der Waals surface area contributed by atoms with Crippen LogP contribution in [0.1, 0.15) is 36.6 Å². The van der Waals surface area contributed by atoms with E-state index in [0.717, 1.165) is 17.8 Å². The summed E-state index contributed by atoms with van der Waals surface area (Å²) < 4.78 is 0. The molecule has 0 aliphatic rings. The highest BCUT2D eigenvalue weighted by atomic mass is 15.1. The van der Waals surface area contributed by atoms with Crippen LogP contribution in [0.3, 0.4) is 0 Å². The van der Waals surface area contributed by atoms with E-state index in [4.69, 9.17) is 4.98 Å². The minimum absolute atomic E-state index is 0.482. The molecule has 0 fully saturated rings. The van der Waals surface area contributed by atoms with Gasteiger partial charge in [-0.3, -0.25) is 4.98 Å². The van der Waals surface area contributed by atoms with Gasteiger partial charge < -0.3 is 10.2 Å². The molecule has 0 radical (unpaired) electrons. The van der Waals surface area contributed by atoms with Crippen molar-refractivity contribution in [2.24, 2.45) is 0 Å². The van der Waals surface area contributed by atoms with Crippen LogP contribution in [0.5, 0.6) is 0 Å². The lowest BCUT2D eigenvalue weighted by Crippen LogP contribution is -2.17. The van der Waals surface area contributed by atoms with Crippen LogP contribution >= 0.6 is 0 Å². The molecule has 3 heteroatoms. The molecule has 2 aromatic rings. The van der Waals surface area contributed by atoms with Crippen molar-refractivity contribution in [2.75, 3.05) is 26.0 Å². The average Bonchev–Trinajstić information content (AvgIpc) is 2.38. The molecule has 0 bridgehead atoms. The Bertz CT molecular complexity index is 615. The summed E-state index contributed by atoms with van der Waals surface area (Å²) in [7, 11) is 6.19. The van der Waals surface area contributed by atoms with E-state index < -0.39 is 0 Å². The number of rotatable bonds is 4. The summed E-state index contributed by atoms with van der Waals surface area (Å²) in [5.74, 6) is 0.482. The molecule has 2 rings (SSSR count). The van der Waals surface area contributed by atoms with Gasteiger partial charge in [0, 0.05) is 37.3 Å². The predicted octanol–water partition coefficient (Wildman–Crippen LogP) is 3.45. The lowest BCUT2D eigenvalue weighted by molar-refractivity contribution is 0.802. The molecule has 0 unspecified atom stereocenters. The quantitative estimate of drug-likeness (QED) is 0.923. The van der Waals surface area contributed by atoms with Gasteiger partial charge in [0.25, 0.3) is 0 Å². The van der Waals surface area contributed by atoms with E-state index in [-0.39, 0.29) is 0 Å². The molecule has 0 atom stereocenters. The first-order chi connectivity index (χ1) is 9.47. The van der Waals surface area contributed by atoms with E-state index in [1.165, 1.54) is 22.2 Å². The Morgan fingerprint density at radius 1 is 1.25 bits per heavy atom. The summed E-state index contributed by atoms with van der Waals surface area (Å²) in [6, 6.07) is 6.52. The van der Waals surface area contributed by atoms with E-state index in [9.17, 15) is 0 Å². The third-order valence-electron chi connectivity index (χ3n) is 3.75. The van der Waals surface area contributed by atoms with Crippen molar-refractivity contribution in [3.05, 3.63) is 35.0 Å². The van der Waals surface area contributed by atoms with E-state index >= 15 is 0 Å². The van der Waals surface area contributed by atoms with Crippen molar-refractivity contribution in [1.82, 2.24) is 10.3 Å². The largest absolute Gasteiger partial charge is 0.377 e. The molecule has 0 aliphatic carbocycles. The van der Waals surface area contributed by atoms with Crippen molar-refractivity contribution in [1.29, 1.82) is 0 Å². The Labute approximate surface area is 122 Å². The number of pyridine rings is 1. The second-order valence-electron chi connectivity index (χ2n) is 5.85. The average molecular weight is 271 g/mol. The maximum atomic E-state index is 4.89. The normalized spacial score (nSPS) is 11.3. The first-order valence-electron chi connectivity index (χ1n) is 7.21. The van der Waals surface area contributed by atoms with Crippen LogP contribution in [0, 0.1) is 6.92 Å². The number of nitrogens with zero attached hydrogens (tertiary/aromatic N) is 2. The number of anilines is 1. The molecule has 3 nitrogen and oxygen atoms in total. The monoisotopic (exact) mass is 271 g/mol. The number of para-hydroxylation sites is 1. The van der Waals surface area contributed by atoms with Gasteiger partial charge >= 0.3 is 0 Å². The number of aromatic nitrogens is 1. The van der Waals surface area contributed by atoms with Gasteiger partial charge in [0.05, 0.1) is 11.2 Å². The van der Waals surface area contributed by atoms with Gasteiger partial charge in [-0.2, -0.15) is 0 Å². The van der Waals surface area contributed by atoms with Crippen molar-refractivity contribution >= 4 is 16.6 Å². The minimum atomic E-state index is 0.482. The second-order valence-corrected chi connectivity index (χ2v) is 5.85. The molecule has 0 aliphatic heterocycles. The zero-order valence-corrected chi connectivity index (χ0v) is 13.4. The van der Waals surface area contributed by atoms with Gasteiger partial charge in [0.1, 0.15) is 0 Å². The van der Waals surface area contributed by atoms with Gasteiger partial charge in [0.15, 0.2) is 0 Å². The summed E-state index contributed by atoms with van der Waals surface area (Å²) >= 11 is 0. The molecule has 108 valence electrons. The summed E-state index contributed by atoms with van der Waals surface area (Å²) in [5.41, 5.74) is 6.15. The number of aryl methyl sites for hydroxylation is 1. The third-order valence-corrected chi connectivity index (χ3v) is 3.75. The van der Waals surface area contributed by atoms with Gasteiger partial charge in [-0.25, -0.2) is 0 Å². The lowest BCUT2D eigenvalue weighted by atomic mass is 9.96. The molecule has 1 N–H and O–H groups in total. The summed E-state index contributed by atoms with van der Waals surface area (Å²) in [5, 5.41) is 4.50. The van der Waals surface area contributed by atoms with Crippen LogP contribution < -0.4 is 10.2 Å². The smallest absolute Gasteiger partial charge is 0.0760 e. The number of hydrogen-bond donors (Lipinski definition) is 1. The van der Waals surface area contributed by atoms with Gasteiger partial charge in [-0.05, 0) is 25.5 Å². The van der Waals surface area contributed by atoms with E-state index in [0.29, 0.717) is 5.92 Å². The van der Waals surface area contributed by atoms with Crippen LogP contribution in [0.4, 0.5) is 5.69 Å². The van der Waals surface area contributed by atoms with Crippen molar-refractivity contribution in [3.8, 4) is 0 Å². The molecule has 0 saturated carbocycles. The fourth-order valence-electron chi connectivity index (χ4n) is 2.81. The molecular formula is C17H25N3. The highest BCUT2D eigenvalue weighted by Crippen LogP contribution is 2.34. The molecule has 1 aromatic heterocycles. The Kier molecular flexibility index (Phi) is 4.29. The van der Waals surface area contributed by atoms with Crippen LogP contribution in [0.25, 0.3) is 10.9 Å². The fourth-order valence-corrected chi connectivity index (χ4v) is 2.81. The van der Waals surface area contributed by atoms with Gasteiger partial charge in [-0.15, -0.1) is 0 Å². The first-order valence-corrected chi connectivity index (χ1v) is 7.21. The summed E-state index contributed by atoms with van der Waals surface area (Å²) in [4.78, 5) is 7.09. The molecular weight excluding hydrogens is 246 g/mol. The predicted molar refractivity (Wildman–Crippen MR) is 87.7 cm³/mol. The van der Waals surface area contributed by atoms with Gasteiger partial charge in [-0.1, -0.05) is 32.0 Å². The molecule has 1 heterocycles. The molecule has 0 amide bonds. The van der Waals surface area contributed by atoms with E-state index in [1.807, 2.05) is 7.05 Å². The Morgan fingerprint density at radius 2 is 1.95 bits per heavy atom. The lowest BCUT2D eigenvalue weighted by Gasteiger charge is -2.23. The SMILES string of the molecule is CNCc1c(C)nc2c(C(C)C)cccc2c1N(C)C. The van der Waals surface area contributed by atoms with Crippen LogP contribution in [-0.4, -0.2) is 26.1 Å². The Morgan fingerprint density at radius 3 is 2.50 bits per heavy atom. The molecule has 20 heavy (non-hydrogen) atoms. The highest BCUT2D eigenvalue weighted by Gasteiger charge is 2.16. The number of hydrogen-bond acceptors (Lipinski definition) is 3. The minimum Gasteiger partial charge on any atom is -0.377 e. The summed E-state index contributed by atoms with van der Waals surface area (Å²) in [6.07, 6.45) is 0. The molecule has 0 saturated heterocycles. The topological polar surface area (TPSA) is 28.2 Å². The second kappa shape index (κ2) is 5.80. The molecule has 1 aromatic carbocycles. The number of fused-ring (bicyclic) bond motifs is 1. The highest BCUT2D eigenvalue weighted by molar-refractivity contribution is 5.95. The number of nitrogens with one attached hydrogen (secondary N) is 1.